The quantitative estimate of drug-likeness (QED) is 0.889. The summed E-state index contributed by atoms with van der Waals surface area (Å²) in [5.41, 5.74) is 1.17. The Kier molecular flexibility index (Phi) is 3.72. The fourth-order valence-corrected chi connectivity index (χ4v) is 1.40. The summed E-state index contributed by atoms with van der Waals surface area (Å²) in [5, 5.41) is 11.8. The zero-order valence-electron chi connectivity index (χ0n) is 9.92. The molecule has 0 spiro atoms. The lowest BCUT2D eigenvalue weighted by Crippen LogP contribution is -1.97. The average Bonchev–Trinajstić information content (AvgIpc) is 2.42. The van der Waals surface area contributed by atoms with Crippen LogP contribution < -0.4 is 10.1 Å². The van der Waals surface area contributed by atoms with E-state index in [4.69, 9.17) is 10.00 Å². The first kappa shape index (κ1) is 11.9. The van der Waals surface area contributed by atoms with Crippen molar-refractivity contribution in [3.63, 3.8) is 0 Å². The molecule has 2 rings (SSSR count). The van der Waals surface area contributed by atoms with Gasteiger partial charge in [-0.15, -0.1) is 0 Å². The number of hydrogen-bond donors (Lipinski definition) is 1. The van der Waals surface area contributed by atoms with Crippen LogP contribution in [0.2, 0.25) is 0 Å². The minimum absolute atomic E-state index is 0.374. The highest BCUT2D eigenvalue weighted by atomic mass is 16.5. The molecule has 0 unspecified atom stereocenters. The van der Waals surface area contributed by atoms with E-state index >= 15 is 0 Å². The number of anilines is 2. The van der Waals surface area contributed by atoms with Crippen LogP contribution >= 0.6 is 0 Å². The van der Waals surface area contributed by atoms with Gasteiger partial charge in [0, 0.05) is 6.07 Å². The third kappa shape index (κ3) is 2.95. The van der Waals surface area contributed by atoms with Crippen molar-refractivity contribution in [1.82, 2.24) is 9.97 Å². The molecule has 0 bridgehead atoms. The zero-order valence-corrected chi connectivity index (χ0v) is 9.92. The summed E-state index contributed by atoms with van der Waals surface area (Å²) in [7, 11) is 0. The van der Waals surface area contributed by atoms with Crippen molar-refractivity contribution in [1.29, 1.82) is 5.26 Å². The maximum absolute atomic E-state index is 8.75. The molecule has 2 aromatic rings. The number of hydrogen-bond acceptors (Lipinski definition) is 5. The highest BCUT2D eigenvalue weighted by Gasteiger charge is 1.99. The van der Waals surface area contributed by atoms with E-state index in [1.807, 2.05) is 19.1 Å². The van der Waals surface area contributed by atoms with Gasteiger partial charge in [0.2, 0.25) is 5.88 Å². The molecule has 1 N–H and O–H groups in total. The maximum atomic E-state index is 8.75. The Hall–Kier alpha value is -2.61. The number of ether oxygens (including phenoxy) is 1. The molecule has 2 heterocycles. The van der Waals surface area contributed by atoms with Crippen molar-refractivity contribution < 1.29 is 4.74 Å². The topological polar surface area (TPSA) is 70.8 Å². The third-order valence-electron chi connectivity index (χ3n) is 2.16. The summed E-state index contributed by atoms with van der Waals surface area (Å²) in [6.45, 7) is 2.50. The van der Waals surface area contributed by atoms with Gasteiger partial charge in [-0.3, -0.25) is 0 Å². The Morgan fingerprint density at radius 2 is 2.22 bits per heavy atom. The second-order valence-electron chi connectivity index (χ2n) is 3.46. The number of aromatic nitrogens is 2. The van der Waals surface area contributed by atoms with Gasteiger partial charge in [0.25, 0.3) is 0 Å². The molecule has 5 heteroatoms. The van der Waals surface area contributed by atoms with Crippen molar-refractivity contribution in [2.75, 3.05) is 11.9 Å². The molecule has 0 atom stereocenters. The van der Waals surface area contributed by atoms with Gasteiger partial charge in [-0.25, -0.2) is 9.97 Å². The zero-order chi connectivity index (χ0) is 12.8. The maximum Gasteiger partial charge on any atom is 0.213 e. The van der Waals surface area contributed by atoms with Crippen LogP contribution in [0, 0.1) is 11.3 Å². The molecule has 0 amide bonds. The van der Waals surface area contributed by atoms with E-state index in [1.165, 1.54) is 0 Å². The second kappa shape index (κ2) is 5.64. The smallest absolute Gasteiger partial charge is 0.213 e. The predicted octanol–water partition coefficient (Wildman–Crippen LogP) is 2.49. The number of nitrogens with one attached hydrogen (secondary N) is 1. The molecule has 0 aliphatic heterocycles. The van der Waals surface area contributed by atoms with Gasteiger partial charge in [0.15, 0.2) is 0 Å². The van der Waals surface area contributed by atoms with Gasteiger partial charge < -0.3 is 10.1 Å². The Labute approximate surface area is 105 Å². The molecule has 90 valence electrons. The molecule has 0 fully saturated rings. The summed E-state index contributed by atoms with van der Waals surface area (Å²) in [6.07, 6.45) is 1.66. The van der Waals surface area contributed by atoms with Crippen LogP contribution in [0.4, 0.5) is 11.5 Å². The van der Waals surface area contributed by atoms with Gasteiger partial charge in [-0.2, -0.15) is 5.26 Å². The summed E-state index contributed by atoms with van der Waals surface area (Å²) in [6, 6.07) is 10.8. The van der Waals surface area contributed by atoms with Crippen LogP contribution in [-0.4, -0.2) is 16.6 Å². The largest absolute Gasteiger partial charge is 0.478 e. The summed E-state index contributed by atoms with van der Waals surface area (Å²) < 4.78 is 5.25. The van der Waals surface area contributed by atoms with Crippen LogP contribution in [0.5, 0.6) is 5.88 Å². The van der Waals surface area contributed by atoms with Gasteiger partial charge in [-0.1, -0.05) is 6.07 Å². The third-order valence-corrected chi connectivity index (χ3v) is 2.16. The van der Waals surface area contributed by atoms with Gasteiger partial charge >= 0.3 is 0 Å². The summed E-state index contributed by atoms with van der Waals surface area (Å²) in [5.74, 6) is 1.20. The van der Waals surface area contributed by atoms with Crippen LogP contribution in [0.3, 0.4) is 0 Å². The van der Waals surface area contributed by atoms with E-state index in [2.05, 4.69) is 15.3 Å². The van der Waals surface area contributed by atoms with E-state index < -0.39 is 0 Å². The SMILES string of the molecule is CCOc1ccc(Nc2cccc(C#N)n2)cn1. The van der Waals surface area contributed by atoms with Crippen molar-refractivity contribution in [2.24, 2.45) is 0 Å². The standard InChI is InChI=1S/C13H12N4O/c1-2-18-13-7-6-11(9-15-13)17-12-5-3-4-10(8-14)16-12/h3-7,9H,2H2,1H3,(H,16,17). The first-order valence-electron chi connectivity index (χ1n) is 5.55. The summed E-state index contributed by atoms with van der Waals surface area (Å²) in [4.78, 5) is 8.24. The molecule has 0 radical (unpaired) electrons. The fraction of sp³-hybridized carbons (Fsp3) is 0.154. The minimum Gasteiger partial charge on any atom is -0.478 e. The Morgan fingerprint density at radius 3 is 2.89 bits per heavy atom. The molecular formula is C13H12N4O. The van der Waals surface area contributed by atoms with E-state index in [-0.39, 0.29) is 0 Å². The molecule has 0 aliphatic rings. The Morgan fingerprint density at radius 1 is 1.33 bits per heavy atom. The first-order chi connectivity index (χ1) is 8.81. The second-order valence-corrected chi connectivity index (χ2v) is 3.46. The van der Waals surface area contributed by atoms with Gasteiger partial charge in [0.05, 0.1) is 18.5 Å². The molecule has 18 heavy (non-hydrogen) atoms. The highest BCUT2D eigenvalue weighted by molar-refractivity contribution is 5.55. The summed E-state index contributed by atoms with van der Waals surface area (Å²) >= 11 is 0. The van der Waals surface area contributed by atoms with Crippen LogP contribution in [0.1, 0.15) is 12.6 Å². The monoisotopic (exact) mass is 240 g/mol. The molecule has 0 saturated carbocycles. The lowest BCUT2D eigenvalue weighted by molar-refractivity contribution is 0.327. The highest BCUT2D eigenvalue weighted by Crippen LogP contribution is 2.16. The molecule has 5 nitrogen and oxygen atoms in total. The minimum atomic E-state index is 0.374. The van der Waals surface area contributed by atoms with Crippen LogP contribution in [-0.2, 0) is 0 Å². The molecular weight excluding hydrogens is 228 g/mol. The van der Waals surface area contributed by atoms with Gasteiger partial charge in [0.1, 0.15) is 17.6 Å². The van der Waals surface area contributed by atoms with Gasteiger partial charge in [-0.05, 0) is 25.1 Å². The number of rotatable bonds is 4. The van der Waals surface area contributed by atoms with E-state index in [9.17, 15) is 0 Å². The molecule has 0 aliphatic carbocycles. The molecule has 0 aromatic carbocycles. The number of pyridine rings is 2. The van der Waals surface area contributed by atoms with Crippen molar-refractivity contribution >= 4 is 11.5 Å². The van der Waals surface area contributed by atoms with Crippen LogP contribution in [0.15, 0.2) is 36.5 Å². The van der Waals surface area contributed by atoms with E-state index in [0.717, 1.165) is 5.69 Å². The number of nitrogens with zero attached hydrogens (tertiary/aromatic N) is 3. The average molecular weight is 240 g/mol. The Balaban J connectivity index is 2.11. The van der Waals surface area contributed by atoms with Crippen molar-refractivity contribution in [2.45, 2.75) is 6.92 Å². The van der Waals surface area contributed by atoms with Crippen LogP contribution in [0.25, 0.3) is 0 Å². The lowest BCUT2D eigenvalue weighted by atomic mass is 10.3. The van der Waals surface area contributed by atoms with Crippen molar-refractivity contribution in [3.05, 3.63) is 42.2 Å². The fourth-order valence-electron chi connectivity index (χ4n) is 1.40. The lowest BCUT2D eigenvalue weighted by Gasteiger charge is -2.06. The Bertz CT molecular complexity index is 560. The van der Waals surface area contributed by atoms with E-state index in [1.54, 1.807) is 30.5 Å². The van der Waals surface area contributed by atoms with Crippen molar-refractivity contribution in [3.8, 4) is 11.9 Å². The number of nitriles is 1. The first-order valence-corrected chi connectivity index (χ1v) is 5.55. The molecule has 0 saturated heterocycles. The predicted molar refractivity (Wildman–Crippen MR) is 67.6 cm³/mol. The normalized spacial score (nSPS) is 9.56. The van der Waals surface area contributed by atoms with E-state index in [0.29, 0.717) is 24.0 Å². The molecule has 2 aromatic heterocycles.